The highest BCUT2D eigenvalue weighted by Crippen LogP contribution is 2.39. The number of benzene rings is 1. The maximum absolute atomic E-state index is 12.5. The number of carbonyl (C=O) groups is 2. The molecule has 0 saturated carbocycles. The number of fused-ring (bicyclic) bond motifs is 1. The molecule has 1 heterocycles. The summed E-state index contributed by atoms with van der Waals surface area (Å²) in [6.07, 6.45) is 2.88. The van der Waals surface area contributed by atoms with Crippen molar-refractivity contribution in [1.82, 2.24) is 0 Å². The third-order valence-electron chi connectivity index (χ3n) is 3.97. The van der Waals surface area contributed by atoms with Crippen molar-refractivity contribution < 1.29 is 14.3 Å². The SMILES string of the molecule is CCSc1ccc(C(=O)Nc2sc3c(c2C(=O)OC)CCC3)cc1. The average molecular weight is 361 g/mol. The fraction of sp³-hybridized carbons (Fsp3) is 0.333. The van der Waals surface area contributed by atoms with Crippen molar-refractivity contribution in [2.45, 2.75) is 31.1 Å². The van der Waals surface area contributed by atoms with Gasteiger partial charge in [-0.05, 0) is 54.8 Å². The van der Waals surface area contributed by atoms with Crippen LogP contribution in [0.5, 0.6) is 0 Å². The van der Waals surface area contributed by atoms with Crippen LogP contribution < -0.4 is 5.32 Å². The second kappa shape index (κ2) is 7.40. The van der Waals surface area contributed by atoms with Crippen LogP contribution in [0.25, 0.3) is 0 Å². The van der Waals surface area contributed by atoms with E-state index in [0.717, 1.165) is 35.5 Å². The minimum absolute atomic E-state index is 0.201. The largest absolute Gasteiger partial charge is 0.465 e. The summed E-state index contributed by atoms with van der Waals surface area (Å²) in [5.74, 6) is 0.418. The van der Waals surface area contributed by atoms with E-state index in [0.29, 0.717) is 16.1 Å². The van der Waals surface area contributed by atoms with Crippen LogP contribution in [-0.4, -0.2) is 24.7 Å². The summed E-state index contributed by atoms with van der Waals surface area (Å²) in [4.78, 5) is 26.9. The summed E-state index contributed by atoms with van der Waals surface area (Å²) in [5, 5.41) is 3.50. The number of nitrogens with one attached hydrogen (secondary N) is 1. The molecule has 6 heteroatoms. The summed E-state index contributed by atoms with van der Waals surface area (Å²) in [5.41, 5.74) is 2.15. The smallest absolute Gasteiger partial charge is 0.341 e. The molecule has 1 aromatic carbocycles. The number of amides is 1. The highest BCUT2D eigenvalue weighted by molar-refractivity contribution is 7.99. The van der Waals surface area contributed by atoms with Crippen LogP contribution in [0.15, 0.2) is 29.2 Å². The molecular formula is C18H19NO3S2. The van der Waals surface area contributed by atoms with E-state index in [9.17, 15) is 9.59 Å². The molecule has 1 amide bonds. The molecule has 0 aliphatic heterocycles. The number of hydrogen-bond donors (Lipinski definition) is 1. The first-order valence-electron chi connectivity index (χ1n) is 7.91. The van der Waals surface area contributed by atoms with E-state index in [2.05, 4.69) is 12.2 Å². The van der Waals surface area contributed by atoms with Gasteiger partial charge in [0, 0.05) is 15.3 Å². The summed E-state index contributed by atoms with van der Waals surface area (Å²) in [7, 11) is 1.37. The molecule has 24 heavy (non-hydrogen) atoms. The first-order valence-corrected chi connectivity index (χ1v) is 9.71. The van der Waals surface area contributed by atoms with Crippen molar-refractivity contribution in [2.75, 3.05) is 18.2 Å². The van der Waals surface area contributed by atoms with Gasteiger partial charge < -0.3 is 10.1 Å². The minimum Gasteiger partial charge on any atom is -0.465 e. The lowest BCUT2D eigenvalue weighted by atomic mass is 10.1. The molecule has 0 unspecified atom stereocenters. The summed E-state index contributed by atoms with van der Waals surface area (Å²) < 4.78 is 4.90. The van der Waals surface area contributed by atoms with Gasteiger partial charge in [0.1, 0.15) is 5.00 Å². The Kier molecular flexibility index (Phi) is 5.26. The first kappa shape index (κ1) is 17.0. The molecule has 4 nitrogen and oxygen atoms in total. The van der Waals surface area contributed by atoms with Gasteiger partial charge in [-0.1, -0.05) is 6.92 Å². The zero-order chi connectivity index (χ0) is 17.1. The molecule has 3 rings (SSSR count). The summed E-state index contributed by atoms with van der Waals surface area (Å²) in [6.45, 7) is 2.09. The van der Waals surface area contributed by atoms with E-state index in [4.69, 9.17) is 4.74 Å². The lowest BCUT2D eigenvalue weighted by Crippen LogP contribution is -2.14. The van der Waals surface area contributed by atoms with Crippen molar-refractivity contribution in [3.63, 3.8) is 0 Å². The minimum atomic E-state index is -0.376. The molecule has 1 aliphatic carbocycles. The molecule has 1 aromatic heterocycles. The van der Waals surface area contributed by atoms with Crippen molar-refractivity contribution in [1.29, 1.82) is 0 Å². The molecule has 0 saturated heterocycles. The molecule has 0 spiro atoms. The van der Waals surface area contributed by atoms with Gasteiger partial charge in [0.05, 0.1) is 12.7 Å². The van der Waals surface area contributed by atoms with Crippen LogP contribution in [0.2, 0.25) is 0 Å². The number of ether oxygens (including phenoxy) is 1. The Morgan fingerprint density at radius 3 is 2.67 bits per heavy atom. The van der Waals surface area contributed by atoms with Crippen LogP contribution in [0.3, 0.4) is 0 Å². The van der Waals surface area contributed by atoms with Crippen molar-refractivity contribution in [3.05, 3.63) is 45.8 Å². The number of rotatable bonds is 5. The van der Waals surface area contributed by atoms with Crippen LogP contribution in [0, 0.1) is 0 Å². The van der Waals surface area contributed by atoms with Gasteiger partial charge in [-0.3, -0.25) is 4.79 Å². The Morgan fingerprint density at radius 2 is 2.00 bits per heavy atom. The van der Waals surface area contributed by atoms with Gasteiger partial charge in [0.2, 0.25) is 0 Å². The number of anilines is 1. The number of aryl methyl sites for hydroxylation is 1. The van der Waals surface area contributed by atoms with Crippen molar-refractivity contribution in [3.8, 4) is 0 Å². The van der Waals surface area contributed by atoms with Crippen molar-refractivity contribution >= 4 is 40.0 Å². The molecule has 0 fully saturated rings. The lowest BCUT2D eigenvalue weighted by Gasteiger charge is -2.07. The van der Waals surface area contributed by atoms with Gasteiger partial charge in [-0.2, -0.15) is 0 Å². The quantitative estimate of drug-likeness (QED) is 0.634. The zero-order valence-corrected chi connectivity index (χ0v) is 15.3. The van der Waals surface area contributed by atoms with Crippen LogP contribution in [0.4, 0.5) is 5.00 Å². The number of esters is 1. The number of methoxy groups -OCH3 is 1. The Labute approximate surface area is 149 Å². The maximum Gasteiger partial charge on any atom is 0.341 e. The molecule has 126 valence electrons. The van der Waals surface area contributed by atoms with Gasteiger partial charge >= 0.3 is 5.97 Å². The predicted octanol–water partition coefficient (Wildman–Crippen LogP) is 4.39. The number of thioether (sulfide) groups is 1. The fourth-order valence-electron chi connectivity index (χ4n) is 2.85. The monoisotopic (exact) mass is 361 g/mol. The highest BCUT2D eigenvalue weighted by Gasteiger charge is 2.28. The topological polar surface area (TPSA) is 55.4 Å². The molecular weight excluding hydrogens is 342 g/mol. The summed E-state index contributed by atoms with van der Waals surface area (Å²) in [6, 6.07) is 7.51. The summed E-state index contributed by atoms with van der Waals surface area (Å²) >= 11 is 3.22. The zero-order valence-electron chi connectivity index (χ0n) is 13.7. The van der Waals surface area contributed by atoms with Gasteiger partial charge in [-0.25, -0.2) is 4.79 Å². The van der Waals surface area contributed by atoms with E-state index >= 15 is 0 Å². The maximum atomic E-state index is 12.5. The third-order valence-corrected chi connectivity index (χ3v) is 6.07. The van der Waals surface area contributed by atoms with Crippen LogP contribution in [0.1, 0.15) is 44.5 Å². The van der Waals surface area contributed by atoms with E-state index in [1.165, 1.54) is 23.3 Å². The Hall–Kier alpha value is -1.79. The highest BCUT2D eigenvalue weighted by atomic mass is 32.2. The Balaban J connectivity index is 1.83. The predicted molar refractivity (Wildman–Crippen MR) is 98.5 cm³/mol. The fourth-order valence-corrected chi connectivity index (χ4v) is 4.79. The van der Waals surface area contributed by atoms with Crippen molar-refractivity contribution in [2.24, 2.45) is 0 Å². The number of carbonyl (C=O) groups excluding carboxylic acids is 2. The van der Waals surface area contributed by atoms with Crippen LogP contribution >= 0.6 is 23.1 Å². The molecule has 0 atom stereocenters. The van der Waals surface area contributed by atoms with Gasteiger partial charge in [0.15, 0.2) is 0 Å². The lowest BCUT2D eigenvalue weighted by molar-refractivity contribution is 0.0601. The molecule has 2 aromatic rings. The van der Waals surface area contributed by atoms with E-state index in [1.54, 1.807) is 11.8 Å². The van der Waals surface area contributed by atoms with Crippen LogP contribution in [-0.2, 0) is 17.6 Å². The molecule has 0 radical (unpaired) electrons. The normalized spacial score (nSPS) is 12.8. The Bertz CT molecular complexity index is 765. The first-order chi connectivity index (χ1) is 11.6. The second-order valence-corrected chi connectivity index (χ2v) is 7.91. The standard InChI is InChI=1S/C18H19NO3S2/c1-3-23-12-9-7-11(8-10-12)16(20)19-17-15(18(21)22-2)13-5-4-6-14(13)24-17/h7-10H,3-6H2,1-2H3,(H,19,20). The number of thiophene rings is 1. The number of hydrogen-bond acceptors (Lipinski definition) is 5. The molecule has 0 bridgehead atoms. The van der Waals surface area contributed by atoms with Gasteiger partial charge in [-0.15, -0.1) is 23.1 Å². The van der Waals surface area contributed by atoms with E-state index in [1.807, 2.05) is 24.3 Å². The van der Waals surface area contributed by atoms with Gasteiger partial charge in [0.25, 0.3) is 5.91 Å². The van der Waals surface area contributed by atoms with E-state index in [-0.39, 0.29) is 11.9 Å². The average Bonchev–Trinajstić information content (AvgIpc) is 3.15. The Morgan fingerprint density at radius 1 is 1.25 bits per heavy atom. The molecule has 1 aliphatic rings. The third kappa shape index (κ3) is 3.35. The molecule has 1 N–H and O–H groups in total. The van der Waals surface area contributed by atoms with E-state index < -0.39 is 0 Å². The second-order valence-electron chi connectivity index (χ2n) is 5.46.